The van der Waals surface area contributed by atoms with Crippen molar-refractivity contribution < 1.29 is 19.1 Å². The monoisotopic (exact) mass is 222 g/mol. The lowest BCUT2D eigenvalue weighted by Crippen LogP contribution is -2.19. The molecule has 0 saturated heterocycles. The van der Waals surface area contributed by atoms with E-state index in [0.717, 1.165) is 0 Å². The Morgan fingerprint density at radius 2 is 1.88 bits per heavy atom. The van der Waals surface area contributed by atoms with Crippen LogP contribution in [0.2, 0.25) is 0 Å². The molecule has 0 aliphatic carbocycles. The van der Waals surface area contributed by atoms with Gasteiger partial charge in [0, 0.05) is 0 Å². The minimum atomic E-state index is -0.486. The Morgan fingerprint density at radius 3 is 2.44 bits per heavy atom. The predicted molar refractivity (Wildman–Crippen MR) is 58.0 cm³/mol. The molecule has 4 heteroatoms. The fourth-order valence-electron chi connectivity index (χ4n) is 1.18. The third-order valence-electron chi connectivity index (χ3n) is 2.00. The Bertz CT molecular complexity index is 359. The van der Waals surface area contributed by atoms with Gasteiger partial charge in [-0.1, -0.05) is 18.2 Å². The normalized spacial score (nSPS) is 11.6. The van der Waals surface area contributed by atoms with Crippen LogP contribution >= 0.6 is 0 Å². The molecule has 0 saturated carbocycles. The average molecular weight is 222 g/mol. The van der Waals surface area contributed by atoms with Gasteiger partial charge in [0.25, 0.3) is 0 Å². The van der Waals surface area contributed by atoms with Crippen LogP contribution < -0.4 is 0 Å². The third-order valence-corrected chi connectivity index (χ3v) is 2.00. The zero-order chi connectivity index (χ0) is 12.0. The summed E-state index contributed by atoms with van der Waals surface area (Å²) in [4.78, 5) is 22.5. The number of methoxy groups -OCH3 is 1. The number of hydrogen-bond acceptors (Lipinski definition) is 4. The number of carbonyl (C=O) groups is 2. The first-order valence-corrected chi connectivity index (χ1v) is 4.96. The Hall–Kier alpha value is -1.84. The zero-order valence-corrected chi connectivity index (χ0v) is 9.30. The van der Waals surface area contributed by atoms with Crippen LogP contribution in [0, 0.1) is 0 Å². The van der Waals surface area contributed by atoms with E-state index in [1.54, 1.807) is 31.2 Å². The summed E-state index contributed by atoms with van der Waals surface area (Å²) in [6, 6.07) is 8.64. The van der Waals surface area contributed by atoms with Gasteiger partial charge < -0.3 is 9.47 Å². The maximum absolute atomic E-state index is 11.6. The number of benzene rings is 1. The van der Waals surface area contributed by atoms with E-state index >= 15 is 0 Å². The molecule has 0 radical (unpaired) electrons. The van der Waals surface area contributed by atoms with Gasteiger partial charge in [0.1, 0.15) is 6.10 Å². The van der Waals surface area contributed by atoms with Crippen molar-refractivity contribution in [3.8, 4) is 0 Å². The van der Waals surface area contributed by atoms with Crippen molar-refractivity contribution in [1.82, 2.24) is 0 Å². The molecule has 0 N–H and O–H groups in total. The maximum Gasteiger partial charge on any atom is 0.338 e. The summed E-state index contributed by atoms with van der Waals surface area (Å²) >= 11 is 0. The number of rotatable bonds is 4. The van der Waals surface area contributed by atoms with E-state index in [1.807, 2.05) is 6.07 Å². The molecule has 86 valence electrons. The summed E-state index contributed by atoms with van der Waals surface area (Å²) in [7, 11) is 1.30. The average Bonchev–Trinajstić information content (AvgIpc) is 2.29. The van der Waals surface area contributed by atoms with Crippen molar-refractivity contribution >= 4 is 11.9 Å². The number of carbonyl (C=O) groups excluding carboxylic acids is 2. The first kappa shape index (κ1) is 12.2. The van der Waals surface area contributed by atoms with Gasteiger partial charge in [0.15, 0.2) is 0 Å². The second kappa shape index (κ2) is 5.90. The lowest BCUT2D eigenvalue weighted by Gasteiger charge is -2.11. The molecular formula is C12H14O4. The van der Waals surface area contributed by atoms with Crippen molar-refractivity contribution in [2.24, 2.45) is 0 Å². The van der Waals surface area contributed by atoms with Gasteiger partial charge in [0.05, 0.1) is 19.1 Å². The van der Waals surface area contributed by atoms with Crippen molar-refractivity contribution in [3.63, 3.8) is 0 Å². The first-order valence-electron chi connectivity index (χ1n) is 4.96. The lowest BCUT2D eigenvalue weighted by molar-refractivity contribution is -0.142. The van der Waals surface area contributed by atoms with E-state index in [-0.39, 0.29) is 6.42 Å². The molecule has 1 aromatic rings. The van der Waals surface area contributed by atoms with E-state index in [0.29, 0.717) is 5.56 Å². The van der Waals surface area contributed by atoms with Crippen LogP contribution in [0.3, 0.4) is 0 Å². The van der Waals surface area contributed by atoms with Crippen molar-refractivity contribution in [2.75, 3.05) is 7.11 Å². The highest BCUT2D eigenvalue weighted by atomic mass is 16.6. The van der Waals surface area contributed by atoms with Crippen LogP contribution in [-0.4, -0.2) is 25.2 Å². The van der Waals surface area contributed by atoms with Crippen molar-refractivity contribution in [1.29, 1.82) is 0 Å². The van der Waals surface area contributed by atoms with Gasteiger partial charge in [-0.3, -0.25) is 4.79 Å². The number of esters is 2. The molecule has 0 unspecified atom stereocenters. The quantitative estimate of drug-likeness (QED) is 0.729. The molecule has 0 aromatic heterocycles. The fraction of sp³-hybridized carbons (Fsp3) is 0.333. The van der Waals surface area contributed by atoms with Crippen molar-refractivity contribution in [2.45, 2.75) is 19.4 Å². The molecule has 16 heavy (non-hydrogen) atoms. The second-order valence-electron chi connectivity index (χ2n) is 3.36. The van der Waals surface area contributed by atoms with E-state index in [4.69, 9.17) is 4.74 Å². The molecular weight excluding hydrogens is 208 g/mol. The smallest absolute Gasteiger partial charge is 0.338 e. The summed E-state index contributed by atoms with van der Waals surface area (Å²) in [5.41, 5.74) is 0.471. The molecule has 0 spiro atoms. The van der Waals surface area contributed by atoms with Crippen molar-refractivity contribution in [3.05, 3.63) is 35.9 Å². The topological polar surface area (TPSA) is 52.6 Å². The molecule has 0 amide bonds. The highest BCUT2D eigenvalue weighted by Gasteiger charge is 2.14. The third kappa shape index (κ3) is 3.73. The highest BCUT2D eigenvalue weighted by Crippen LogP contribution is 2.06. The molecule has 0 aliphatic heterocycles. The largest absolute Gasteiger partial charge is 0.469 e. The Morgan fingerprint density at radius 1 is 1.25 bits per heavy atom. The SMILES string of the molecule is COC(=O)C[C@@H](C)OC(=O)c1ccccc1. The maximum atomic E-state index is 11.6. The predicted octanol–water partition coefficient (Wildman–Crippen LogP) is 1.79. The van der Waals surface area contributed by atoms with Crippen LogP contribution in [0.25, 0.3) is 0 Å². The Balaban J connectivity index is 2.49. The Kier molecular flexibility index (Phi) is 4.51. The van der Waals surface area contributed by atoms with Crippen LogP contribution in [0.5, 0.6) is 0 Å². The minimum Gasteiger partial charge on any atom is -0.469 e. The molecule has 1 atom stereocenters. The van der Waals surface area contributed by atoms with Gasteiger partial charge in [-0.2, -0.15) is 0 Å². The van der Waals surface area contributed by atoms with E-state index in [1.165, 1.54) is 7.11 Å². The zero-order valence-electron chi connectivity index (χ0n) is 9.30. The fourth-order valence-corrected chi connectivity index (χ4v) is 1.18. The summed E-state index contributed by atoms with van der Waals surface area (Å²) in [5.74, 6) is -0.828. The highest BCUT2D eigenvalue weighted by molar-refractivity contribution is 5.89. The van der Waals surface area contributed by atoms with Crippen LogP contribution in [0.15, 0.2) is 30.3 Å². The van der Waals surface area contributed by atoms with E-state index in [9.17, 15) is 9.59 Å². The lowest BCUT2D eigenvalue weighted by atomic mass is 10.2. The van der Waals surface area contributed by atoms with Crippen LogP contribution in [0.4, 0.5) is 0 Å². The molecule has 1 rings (SSSR count). The summed E-state index contributed by atoms with van der Waals surface area (Å²) in [6.07, 6.45) is -0.421. The van der Waals surface area contributed by atoms with Gasteiger partial charge in [-0.15, -0.1) is 0 Å². The standard InChI is InChI=1S/C12H14O4/c1-9(8-11(13)15-2)16-12(14)10-6-4-3-5-7-10/h3-7,9H,8H2,1-2H3/t9-/m1/s1. The van der Waals surface area contributed by atoms with Gasteiger partial charge in [-0.25, -0.2) is 4.79 Å². The summed E-state index contributed by atoms with van der Waals surface area (Å²) in [6.45, 7) is 1.65. The van der Waals surface area contributed by atoms with Gasteiger partial charge >= 0.3 is 11.9 Å². The Labute approximate surface area is 94.2 Å². The number of hydrogen-bond donors (Lipinski definition) is 0. The van der Waals surface area contributed by atoms with Crippen LogP contribution in [0.1, 0.15) is 23.7 Å². The molecule has 0 fully saturated rings. The molecule has 1 aromatic carbocycles. The second-order valence-corrected chi connectivity index (χ2v) is 3.36. The molecule has 0 heterocycles. The first-order chi connectivity index (χ1) is 7.63. The molecule has 4 nitrogen and oxygen atoms in total. The molecule has 0 bridgehead atoms. The van der Waals surface area contributed by atoms with Gasteiger partial charge in [0.2, 0.25) is 0 Å². The summed E-state index contributed by atoms with van der Waals surface area (Å²) < 4.78 is 9.55. The van der Waals surface area contributed by atoms with E-state index in [2.05, 4.69) is 4.74 Å². The minimum absolute atomic E-state index is 0.0646. The molecule has 0 aliphatic rings. The number of ether oxygens (including phenoxy) is 2. The van der Waals surface area contributed by atoms with E-state index < -0.39 is 18.0 Å². The van der Waals surface area contributed by atoms with Crippen LogP contribution in [-0.2, 0) is 14.3 Å². The van der Waals surface area contributed by atoms with Gasteiger partial charge in [-0.05, 0) is 19.1 Å². The summed E-state index contributed by atoms with van der Waals surface area (Å²) in [5, 5.41) is 0.